The Labute approximate surface area is 121 Å². The third kappa shape index (κ3) is 4.31. The Morgan fingerprint density at radius 3 is 2.50 bits per heavy atom. The summed E-state index contributed by atoms with van der Waals surface area (Å²) in [4.78, 5) is 11.2. The quantitative estimate of drug-likeness (QED) is 0.471. The second-order valence-electron chi connectivity index (χ2n) is 4.90. The van der Waals surface area contributed by atoms with Crippen LogP contribution in [0.2, 0.25) is 0 Å². The Hall–Kier alpha value is -1.40. The third-order valence-electron chi connectivity index (χ3n) is 3.23. The van der Waals surface area contributed by atoms with E-state index in [0.29, 0.717) is 12.4 Å². The average Bonchev–Trinajstić information content (AvgIpc) is 2.45. The van der Waals surface area contributed by atoms with Crippen molar-refractivity contribution in [3.05, 3.63) is 11.4 Å². The predicted molar refractivity (Wildman–Crippen MR) is 82.8 cm³/mol. The molecule has 0 fully saturated rings. The van der Waals surface area contributed by atoms with Gasteiger partial charge in [-0.15, -0.1) is 0 Å². The molecule has 114 valence electrons. The Morgan fingerprint density at radius 2 is 1.95 bits per heavy atom. The molecule has 1 rings (SSSR count). The van der Waals surface area contributed by atoms with Crippen molar-refractivity contribution in [3.63, 3.8) is 0 Å². The van der Waals surface area contributed by atoms with Gasteiger partial charge in [0.15, 0.2) is 0 Å². The molecule has 0 aromatic carbocycles. The molecule has 1 aromatic rings. The van der Waals surface area contributed by atoms with Crippen molar-refractivity contribution < 1.29 is 5.11 Å². The highest BCUT2D eigenvalue weighted by atomic mass is 16.3. The van der Waals surface area contributed by atoms with Crippen LogP contribution in [-0.2, 0) is 6.42 Å². The number of aromatic nitrogens is 2. The molecule has 6 nitrogen and oxygen atoms in total. The largest absolute Gasteiger partial charge is 0.395 e. The maximum absolute atomic E-state index is 9.26. The van der Waals surface area contributed by atoms with E-state index in [4.69, 9.17) is 5.84 Å². The number of nitrogen functional groups attached to an aromatic ring is 1. The number of rotatable bonds is 9. The van der Waals surface area contributed by atoms with Gasteiger partial charge in [-0.1, -0.05) is 20.3 Å². The first-order valence-corrected chi connectivity index (χ1v) is 7.37. The molecule has 6 heteroatoms. The van der Waals surface area contributed by atoms with Gasteiger partial charge in [-0.3, -0.25) is 0 Å². The molecular weight excluding hydrogens is 254 g/mol. The lowest BCUT2D eigenvalue weighted by molar-refractivity contribution is 0.301. The summed E-state index contributed by atoms with van der Waals surface area (Å²) in [5.74, 6) is 7.88. The summed E-state index contributed by atoms with van der Waals surface area (Å²) in [6, 6.07) is 0. The van der Waals surface area contributed by atoms with Crippen molar-refractivity contribution >= 4 is 11.6 Å². The van der Waals surface area contributed by atoms with E-state index in [-0.39, 0.29) is 6.61 Å². The van der Waals surface area contributed by atoms with E-state index in [2.05, 4.69) is 34.1 Å². The summed E-state index contributed by atoms with van der Waals surface area (Å²) in [7, 11) is 0. The van der Waals surface area contributed by atoms with Crippen LogP contribution in [0.15, 0.2) is 0 Å². The molecule has 0 unspecified atom stereocenters. The summed E-state index contributed by atoms with van der Waals surface area (Å²) in [5.41, 5.74) is 3.57. The summed E-state index contributed by atoms with van der Waals surface area (Å²) in [5, 5.41) is 9.26. The number of hydrazine groups is 1. The van der Waals surface area contributed by atoms with Crippen LogP contribution in [0.5, 0.6) is 0 Å². The SMILES string of the molecule is CCCCN(CCO)c1nc(CCC)nc(NN)c1C. The second-order valence-corrected chi connectivity index (χ2v) is 4.90. The summed E-state index contributed by atoms with van der Waals surface area (Å²) in [6.45, 7) is 7.77. The topological polar surface area (TPSA) is 87.3 Å². The molecule has 0 saturated carbocycles. The van der Waals surface area contributed by atoms with Gasteiger partial charge in [0.2, 0.25) is 0 Å². The molecule has 0 atom stereocenters. The molecule has 0 bridgehead atoms. The highest BCUT2D eigenvalue weighted by Gasteiger charge is 2.15. The van der Waals surface area contributed by atoms with E-state index in [1.807, 2.05) is 6.92 Å². The molecule has 0 saturated heterocycles. The molecule has 20 heavy (non-hydrogen) atoms. The second kappa shape index (κ2) is 8.71. The van der Waals surface area contributed by atoms with Gasteiger partial charge in [-0.2, -0.15) is 0 Å². The van der Waals surface area contributed by atoms with Crippen molar-refractivity contribution in [2.45, 2.75) is 46.5 Å². The van der Waals surface area contributed by atoms with Crippen LogP contribution < -0.4 is 16.2 Å². The smallest absolute Gasteiger partial charge is 0.148 e. The molecule has 0 radical (unpaired) electrons. The van der Waals surface area contributed by atoms with Crippen molar-refractivity contribution in [1.82, 2.24) is 9.97 Å². The monoisotopic (exact) mass is 281 g/mol. The van der Waals surface area contributed by atoms with Gasteiger partial charge in [-0.05, 0) is 19.8 Å². The molecular formula is C14H27N5O. The number of anilines is 2. The number of aryl methyl sites for hydroxylation is 1. The minimum atomic E-state index is 0.113. The van der Waals surface area contributed by atoms with Crippen LogP contribution >= 0.6 is 0 Å². The Kier molecular flexibility index (Phi) is 7.25. The number of hydrogen-bond donors (Lipinski definition) is 3. The van der Waals surface area contributed by atoms with E-state index in [9.17, 15) is 5.11 Å². The molecule has 0 amide bonds. The number of nitrogens with zero attached hydrogens (tertiary/aromatic N) is 3. The normalized spacial score (nSPS) is 10.7. The van der Waals surface area contributed by atoms with Gasteiger partial charge >= 0.3 is 0 Å². The standard InChI is InChI=1S/C14H27N5O/c1-4-6-8-19(9-10-20)14-11(3)13(18-15)16-12(17-14)7-5-2/h20H,4-10,15H2,1-3H3,(H,16,17,18). The number of aliphatic hydroxyl groups is 1. The van der Waals surface area contributed by atoms with Crippen molar-refractivity contribution in [3.8, 4) is 0 Å². The molecule has 4 N–H and O–H groups in total. The average molecular weight is 281 g/mol. The van der Waals surface area contributed by atoms with E-state index >= 15 is 0 Å². The highest BCUT2D eigenvalue weighted by molar-refractivity contribution is 5.58. The Balaban J connectivity index is 3.12. The van der Waals surface area contributed by atoms with Gasteiger partial charge in [0.05, 0.1) is 6.61 Å². The van der Waals surface area contributed by atoms with Gasteiger partial charge in [0.1, 0.15) is 17.5 Å². The van der Waals surface area contributed by atoms with E-state index < -0.39 is 0 Å². The molecule has 1 heterocycles. The van der Waals surface area contributed by atoms with Crippen molar-refractivity contribution in [2.24, 2.45) is 5.84 Å². The number of aliphatic hydroxyl groups excluding tert-OH is 1. The van der Waals surface area contributed by atoms with Gasteiger partial charge < -0.3 is 15.4 Å². The number of nitrogens with two attached hydrogens (primary N) is 1. The van der Waals surface area contributed by atoms with Crippen LogP contribution in [0, 0.1) is 6.92 Å². The molecule has 0 spiro atoms. The summed E-state index contributed by atoms with van der Waals surface area (Å²) < 4.78 is 0. The van der Waals surface area contributed by atoms with E-state index in [1.165, 1.54) is 0 Å². The third-order valence-corrected chi connectivity index (χ3v) is 3.23. The van der Waals surface area contributed by atoms with E-state index in [0.717, 1.165) is 49.4 Å². The van der Waals surface area contributed by atoms with Crippen LogP contribution in [-0.4, -0.2) is 34.8 Å². The first kappa shape index (κ1) is 16.7. The lowest BCUT2D eigenvalue weighted by atomic mass is 10.2. The maximum Gasteiger partial charge on any atom is 0.148 e. The van der Waals surface area contributed by atoms with Crippen LogP contribution in [0.25, 0.3) is 0 Å². The Morgan fingerprint density at radius 1 is 1.20 bits per heavy atom. The zero-order chi connectivity index (χ0) is 15.0. The van der Waals surface area contributed by atoms with Gasteiger partial charge in [0.25, 0.3) is 0 Å². The molecule has 1 aromatic heterocycles. The van der Waals surface area contributed by atoms with Gasteiger partial charge in [-0.25, -0.2) is 15.8 Å². The maximum atomic E-state index is 9.26. The first-order chi connectivity index (χ1) is 9.67. The van der Waals surface area contributed by atoms with Gasteiger partial charge in [0, 0.05) is 25.1 Å². The lowest BCUT2D eigenvalue weighted by Crippen LogP contribution is -2.30. The van der Waals surface area contributed by atoms with E-state index in [1.54, 1.807) is 0 Å². The predicted octanol–water partition coefficient (Wildman–Crippen LogP) is 1.62. The van der Waals surface area contributed by atoms with Crippen molar-refractivity contribution in [2.75, 3.05) is 30.0 Å². The number of hydrogen-bond acceptors (Lipinski definition) is 6. The fourth-order valence-corrected chi connectivity index (χ4v) is 2.13. The number of nitrogens with one attached hydrogen (secondary N) is 1. The number of unbranched alkanes of at least 4 members (excludes halogenated alkanes) is 1. The highest BCUT2D eigenvalue weighted by Crippen LogP contribution is 2.23. The fourth-order valence-electron chi connectivity index (χ4n) is 2.13. The van der Waals surface area contributed by atoms with Crippen LogP contribution in [0.3, 0.4) is 0 Å². The minimum Gasteiger partial charge on any atom is -0.395 e. The lowest BCUT2D eigenvalue weighted by Gasteiger charge is -2.25. The Bertz CT molecular complexity index is 411. The minimum absolute atomic E-state index is 0.113. The fraction of sp³-hybridized carbons (Fsp3) is 0.714. The molecule has 0 aliphatic rings. The zero-order valence-electron chi connectivity index (χ0n) is 12.8. The first-order valence-electron chi connectivity index (χ1n) is 7.37. The summed E-state index contributed by atoms with van der Waals surface area (Å²) in [6.07, 6.45) is 3.98. The zero-order valence-corrected chi connectivity index (χ0v) is 12.8. The van der Waals surface area contributed by atoms with Crippen molar-refractivity contribution in [1.29, 1.82) is 0 Å². The summed E-state index contributed by atoms with van der Waals surface area (Å²) >= 11 is 0. The molecule has 0 aliphatic carbocycles. The van der Waals surface area contributed by atoms with Crippen LogP contribution in [0.1, 0.15) is 44.5 Å². The van der Waals surface area contributed by atoms with Crippen LogP contribution in [0.4, 0.5) is 11.6 Å². The molecule has 0 aliphatic heterocycles.